The molecule has 0 aliphatic rings. The predicted octanol–water partition coefficient (Wildman–Crippen LogP) is 6.61. The summed E-state index contributed by atoms with van der Waals surface area (Å²) < 4.78 is 23.6. The highest BCUT2D eigenvalue weighted by Gasteiger charge is 2.22. The second-order valence-electron chi connectivity index (χ2n) is 7.43. The number of methoxy groups -OCH3 is 4. The van der Waals surface area contributed by atoms with Crippen molar-refractivity contribution in [2.75, 3.05) is 28.4 Å². The molecule has 0 aliphatic heterocycles. The van der Waals surface area contributed by atoms with Crippen LogP contribution < -0.4 is 18.9 Å². The van der Waals surface area contributed by atoms with E-state index in [2.05, 4.69) is 0 Å². The van der Waals surface area contributed by atoms with Gasteiger partial charge in [0, 0.05) is 16.1 Å². The second-order valence-corrected chi connectivity index (χ2v) is 8.25. The van der Waals surface area contributed by atoms with Gasteiger partial charge in [0.05, 0.1) is 45.7 Å². The molecule has 0 N–H and O–H groups in total. The van der Waals surface area contributed by atoms with E-state index in [1.54, 1.807) is 28.4 Å². The molecule has 4 aromatic rings. The van der Waals surface area contributed by atoms with E-state index in [1.165, 1.54) is 0 Å². The summed E-state index contributed by atoms with van der Waals surface area (Å²) in [4.78, 5) is 0. The second kappa shape index (κ2) is 10.3. The number of hydrogen-bond donors (Lipinski definition) is 0. The lowest BCUT2D eigenvalue weighted by Crippen LogP contribution is -2.04. The van der Waals surface area contributed by atoms with Crippen molar-refractivity contribution in [3.63, 3.8) is 0 Å². The molecule has 1 heterocycles. The van der Waals surface area contributed by atoms with Gasteiger partial charge in [-0.1, -0.05) is 35.3 Å². The van der Waals surface area contributed by atoms with Crippen molar-refractivity contribution in [3.8, 4) is 45.5 Å². The Kier molecular flexibility index (Phi) is 7.20. The predicted molar refractivity (Wildman–Crippen MR) is 135 cm³/mol. The van der Waals surface area contributed by atoms with E-state index in [-0.39, 0.29) is 0 Å². The average Bonchev–Trinajstić information content (AvgIpc) is 3.19. The molecule has 0 radical (unpaired) electrons. The number of ether oxygens (including phenoxy) is 4. The van der Waals surface area contributed by atoms with Crippen LogP contribution in [-0.4, -0.2) is 38.2 Å². The van der Waals surface area contributed by atoms with Crippen molar-refractivity contribution in [1.29, 1.82) is 0 Å². The molecular weight excluding hydrogens is 475 g/mol. The molecule has 0 bridgehead atoms. The van der Waals surface area contributed by atoms with Gasteiger partial charge in [-0.2, -0.15) is 5.10 Å². The van der Waals surface area contributed by atoms with Crippen molar-refractivity contribution in [2.45, 2.75) is 6.54 Å². The van der Waals surface area contributed by atoms with Gasteiger partial charge < -0.3 is 18.9 Å². The number of benzene rings is 3. The van der Waals surface area contributed by atoms with E-state index in [9.17, 15) is 0 Å². The summed E-state index contributed by atoms with van der Waals surface area (Å²) in [6.45, 7) is 0.494. The number of rotatable bonds is 8. The molecule has 0 amide bonds. The molecule has 0 fully saturated rings. The average molecular weight is 499 g/mol. The number of aromatic nitrogens is 2. The molecule has 34 heavy (non-hydrogen) atoms. The molecule has 176 valence electrons. The number of hydrogen-bond acceptors (Lipinski definition) is 5. The zero-order valence-electron chi connectivity index (χ0n) is 19.3. The maximum Gasteiger partial charge on any atom is 0.161 e. The van der Waals surface area contributed by atoms with Crippen LogP contribution in [0.4, 0.5) is 0 Å². The summed E-state index contributed by atoms with van der Waals surface area (Å²) in [6, 6.07) is 18.9. The fourth-order valence-corrected chi connectivity index (χ4v) is 4.22. The molecule has 0 saturated heterocycles. The fourth-order valence-electron chi connectivity index (χ4n) is 3.74. The molecule has 6 nitrogen and oxygen atoms in total. The summed E-state index contributed by atoms with van der Waals surface area (Å²) in [5.74, 6) is 2.45. The van der Waals surface area contributed by atoms with Crippen LogP contribution in [0.1, 0.15) is 5.56 Å². The van der Waals surface area contributed by atoms with Crippen LogP contribution in [0.15, 0.2) is 60.7 Å². The minimum Gasteiger partial charge on any atom is -0.493 e. The Morgan fingerprint density at radius 1 is 0.676 bits per heavy atom. The van der Waals surface area contributed by atoms with E-state index in [1.807, 2.05) is 65.3 Å². The summed E-state index contributed by atoms with van der Waals surface area (Å²) in [5.41, 5.74) is 4.06. The standard InChI is InChI=1S/C26H24Cl2N2O4/c1-31-20-11-7-17(13-22(20)33-3)25-24(28)26(18-8-12-21(32-2)23(14-18)34-4)30(29-25)15-16-5-9-19(27)10-6-16/h5-14H,15H2,1-4H3. The van der Waals surface area contributed by atoms with Gasteiger partial charge >= 0.3 is 0 Å². The van der Waals surface area contributed by atoms with Crippen LogP contribution in [0.5, 0.6) is 23.0 Å². The van der Waals surface area contributed by atoms with E-state index in [0.717, 1.165) is 22.4 Å². The van der Waals surface area contributed by atoms with Crippen molar-refractivity contribution < 1.29 is 18.9 Å². The zero-order valence-corrected chi connectivity index (χ0v) is 20.8. The minimum atomic E-state index is 0.494. The molecule has 0 unspecified atom stereocenters. The monoisotopic (exact) mass is 498 g/mol. The van der Waals surface area contributed by atoms with Gasteiger partial charge in [-0.25, -0.2) is 0 Å². The molecule has 0 aliphatic carbocycles. The van der Waals surface area contributed by atoms with Crippen LogP contribution in [0.3, 0.4) is 0 Å². The lowest BCUT2D eigenvalue weighted by molar-refractivity contribution is 0.355. The SMILES string of the molecule is COc1ccc(-c2nn(Cc3ccc(Cl)cc3)c(-c3ccc(OC)c(OC)c3)c2Cl)cc1OC. The molecule has 3 aromatic carbocycles. The van der Waals surface area contributed by atoms with Gasteiger partial charge in [0.2, 0.25) is 0 Å². The van der Waals surface area contributed by atoms with Crippen LogP contribution >= 0.6 is 23.2 Å². The van der Waals surface area contributed by atoms with Gasteiger partial charge in [-0.15, -0.1) is 0 Å². The van der Waals surface area contributed by atoms with Gasteiger partial charge in [0.1, 0.15) is 5.69 Å². The summed E-state index contributed by atoms with van der Waals surface area (Å²) in [7, 11) is 6.39. The third-order valence-electron chi connectivity index (χ3n) is 5.45. The smallest absolute Gasteiger partial charge is 0.161 e. The quantitative estimate of drug-likeness (QED) is 0.273. The maximum absolute atomic E-state index is 6.98. The first-order valence-corrected chi connectivity index (χ1v) is 11.2. The van der Waals surface area contributed by atoms with Gasteiger partial charge in [-0.3, -0.25) is 4.68 Å². The molecule has 0 spiro atoms. The largest absolute Gasteiger partial charge is 0.493 e. The minimum absolute atomic E-state index is 0.494. The Morgan fingerprint density at radius 2 is 1.21 bits per heavy atom. The lowest BCUT2D eigenvalue weighted by atomic mass is 10.1. The molecular formula is C26H24Cl2N2O4. The molecule has 8 heteroatoms. The van der Waals surface area contributed by atoms with Crippen molar-refractivity contribution in [3.05, 3.63) is 76.3 Å². The van der Waals surface area contributed by atoms with E-state index in [4.69, 9.17) is 47.2 Å². The zero-order chi connectivity index (χ0) is 24.2. The van der Waals surface area contributed by atoms with Gasteiger partial charge in [0.15, 0.2) is 23.0 Å². The van der Waals surface area contributed by atoms with Gasteiger partial charge in [-0.05, 0) is 54.1 Å². The third-order valence-corrected chi connectivity index (χ3v) is 6.06. The first kappa shape index (κ1) is 23.8. The molecule has 1 aromatic heterocycles. The van der Waals surface area contributed by atoms with Crippen molar-refractivity contribution in [1.82, 2.24) is 9.78 Å². The lowest BCUT2D eigenvalue weighted by Gasteiger charge is -2.12. The first-order valence-electron chi connectivity index (χ1n) is 10.4. The summed E-state index contributed by atoms with van der Waals surface area (Å²) in [6.07, 6.45) is 0. The van der Waals surface area contributed by atoms with Crippen LogP contribution in [0.2, 0.25) is 10.0 Å². The molecule has 0 atom stereocenters. The Labute approximate surface area is 208 Å². The number of nitrogens with zero attached hydrogens (tertiary/aromatic N) is 2. The van der Waals surface area contributed by atoms with E-state index < -0.39 is 0 Å². The van der Waals surface area contributed by atoms with Crippen molar-refractivity contribution in [2.24, 2.45) is 0 Å². The van der Waals surface area contributed by atoms with E-state index in [0.29, 0.717) is 45.3 Å². The molecule has 4 rings (SSSR count). The highest BCUT2D eigenvalue weighted by molar-refractivity contribution is 6.35. The Balaban J connectivity index is 1.88. The normalized spacial score (nSPS) is 10.8. The number of halogens is 2. The maximum atomic E-state index is 6.98. The molecule has 0 saturated carbocycles. The Morgan fingerprint density at radius 3 is 1.76 bits per heavy atom. The van der Waals surface area contributed by atoms with Crippen LogP contribution in [0.25, 0.3) is 22.5 Å². The van der Waals surface area contributed by atoms with Crippen LogP contribution in [-0.2, 0) is 6.54 Å². The van der Waals surface area contributed by atoms with Crippen LogP contribution in [0, 0.1) is 0 Å². The summed E-state index contributed by atoms with van der Waals surface area (Å²) >= 11 is 13.1. The van der Waals surface area contributed by atoms with E-state index >= 15 is 0 Å². The van der Waals surface area contributed by atoms with Gasteiger partial charge in [0.25, 0.3) is 0 Å². The first-order chi connectivity index (χ1) is 16.5. The topological polar surface area (TPSA) is 54.7 Å². The Hall–Kier alpha value is -3.35. The fraction of sp³-hybridized carbons (Fsp3) is 0.192. The van der Waals surface area contributed by atoms with Crippen molar-refractivity contribution >= 4 is 23.2 Å². The third kappa shape index (κ3) is 4.65. The highest BCUT2D eigenvalue weighted by atomic mass is 35.5. The summed E-state index contributed by atoms with van der Waals surface area (Å²) in [5, 5.41) is 6.07. The Bertz CT molecular complexity index is 1300. The highest BCUT2D eigenvalue weighted by Crippen LogP contribution is 2.41.